The molecule has 1 heterocycles. The molecule has 1 aliphatic rings. The number of rotatable bonds is 2. The molecule has 1 saturated carbocycles. The molecule has 1 aromatic heterocycles. The van der Waals surface area contributed by atoms with Gasteiger partial charge in [-0.3, -0.25) is 0 Å². The molecule has 0 aromatic carbocycles. The van der Waals surface area contributed by atoms with Gasteiger partial charge in [-0.1, -0.05) is 13.3 Å². The van der Waals surface area contributed by atoms with Gasteiger partial charge in [-0.05, 0) is 30.7 Å². The van der Waals surface area contributed by atoms with Gasteiger partial charge in [0.25, 0.3) is 0 Å². The van der Waals surface area contributed by atoms with Gasteiger partial charge in [0.05, 0.1) is 12.5 Å². The first-order chi connectivity index (χ1) is 6.27. The van der Waals surface area contributed by atoms with E-state index in [1.54, 1.807) is 12.5 Å². The third-order valence-corrected chi connectivity index (χ3v) is 3.17. The van der Waals surface area contributed by atoms with E-state index in [1.807, 2.05) is 6.07 Å². The van der Waals surface area contributed by atoms with E-state index < -0.39 is 0 Å². The zero-order valence-corrected chi connectivity index (χ0v) is 8.07. The fraction of sp³-hybridized carbons (Fsp3) is 0.636. The summed E-state index contributed by atoms with van der Waals surface area (Å²) in [5.74, 6) is 1.51. The molecule has 2 nitrogen and oxygen atoms in total. The summed E-state index contributed by atoms with van der Waals surface area (Å²) in [4.78, 5) is 0. The standard InChI is InChI=1S/C11H17NO/c1-8-2-3-9(6-8)11(12)10-4-5-13-7-10/h4-5,7-9,11H,2-3,6,12H2,1H3. The Labute approximate surface area is 79.1 Å². The molecule has 1 fully saturated rings. The van der Waals surface area contributed by atoms with Gasteiger partial charge in [-0.25, -0.2) is 0 Å². The van der Waals surface area contributed by atoms with Crippen LogP contribution < -0.4 is 5.73 Å². The second-order valence-electron chi connectivity index (χ2n) is 4.26. The summed E-state index contributed by atoms with van der Waals surface area (Å²) in [7, 11) is 0. The quantitative estimate of drug-likeness (QED) is 0.758. The largest absolute Gasteiger partial charge is 0.472 e. The first-order valence-corrected chi connectivity index (χ1v) is 5.05. The lowest BCUT2D eigenvalue weighted by Crippen LogP contribution is -2.18. The molecule has 0 amide bonds. The van der Waals surface area contributed by atoms with Crippen LogP contribution in [-0.4, -0.2) is 0 Å². The van der Waals surface area contributed by atoms with Crippen molar-refractivity contribution < 1.29 is 4.42 Å². The lowest BCUT2D eigenvalue weighted by Gasteiger charge is -2.17. The highest BCUT2D eigenvalue weighted by Crippen LogP contribution is 2.37. The van der Waals surface area contributed by atoms with Crippen LogP contribution in [-0.2, 0) is 0 Å². The molecule has 2 heteroatoms. The second-order valence-corrected chi connectivity index (χ2v) is 4.26. The predicted octanol–water partition coefficient (Wildman–Crippen LogP) is 2.72. The fourth-order valence-electron chi connectivity index (χ4n) is 2.31. The van der Waals surface area contributed by atoms with Crippen molar-refractivity contribution in [1.82, 2.24) is 0 Å². The van der Waals surface area contributed by atoms with Gasteiger partial charge in [0, 0.05) is 11.6 Å². The summed E-state index contributed by atoms with van der Waals surface area (Å²) in [5.41, 5.74) is 7.30. The van der Waals surface area contributed by atoms with Crippen molar-refractivity contribution in [2.24, 2.45) is 17.6 Å². The van der Waals surface area contributed by atoms with Crippen LogP contribution >= 0.6 is 0 Å². The summed E-state index contributed by atoms with van der Waals surface area (Å²) in [5, 5.41) is 0. The third kappa shape index (κ3) is 1.78. The molecule has 2 rings (SSSR count). The lowest BCUT2D eigenvalue weighted by atomic mass is 9.93. The van der Waals surface area contributed by atoms with Crippen LogP contribution in [0.5, 0.6) is 0 Å². The Morgan fingerprint density at radius 2 is 2.38 bits per heavy atom. The Balaban J connectivity index is 2.02. The molecule has 0 radical (unpaired) electrons. The van der Waals surface area contributed by atoms with Crippen LogP contribution in [0, 0.1) is 11.8 Å². The average molecular weight is 179 g/mol. The van der Waals surface area contributed by atoms with Crippen LogP contribution in [0.3, 0.4) is 0 Å². The zero-order valence-electron chi connectivity index (χ0n) is 8.07. The Bertz CT molecular complexity index is 255. The third-order valence-electron chi connectivity index (χ3n) is 3.17. The highest BCUT2D eigenvalue weighted by molar-refractivity contribution is 5.12. The normalized spacial score (nSPS) is 30.6. The van der Waals surface area contributed by atoms with Crippen molar-refractivity contribution in [3.8, 4) is 0 Å². The Hall–Kier alpha value is -0.760. The second kappa shape index (κ2) is 3.54. The maximum absolute atomic E-state index is 6.15. The smallest absolute Gasteiger partial charge is 0.0950 e. The minimum absolute atomic E-state index is 0.184. The van der Waals surface area contributed by atoms with Gasteiger partial charge in [0.2, 0.25) is 0 Å². The highest BCUT2D eigenvalue weighted by Gasteiger charge is 2.27. The van der Waals surface area contributed by atoms with Gasteiger partial charge in [0.1, 0.15) is 0 Å². The topological polar surface area (TPSA) is 39.2 Å². The molecular weight excluding hydrogens is 162 g/mol. The maximum Gasteiger partial charge on any atom is 0.0950 e. The summed E-state index contributed by atoms with van der Waals surface area (Å²) < 4.78 is 5.04. The number of hydrogen-bond donors (Lipinski definition) is 1. The highest BCUT2D eigenvalue weighted by atomic mass is 16.3. The number of hydrogen-bond acceptors (Lipinski definition) is 2. The van der Waals surface area contributed by atoms with E-state index in [9.17, 15) is 0 Å². The van der Waals surface area contributed by atoms with E-state index >= 15 is 0 Å². The average Bonchev–Trinajstić information content (AvgIpc) is 2.72. The van der Waals surface area contributed by atoms with Gasteiger partial charge in [-0.2, -0.15) is 0 Å². The first-order valence-electron chi connectivity index (χ1n) is 5.05. The molecule has 1 aliphatic carbocycles. The predicted molar refractivity (Wildman–Crippen MR) is 52.1 cm³/mol. The molecule has 3 atom stereocenters. The van der Waals surface area contributed by atoms with Crippen molar-refractivity contribution in [2.45, 2.75) is 32.2 Å². The lowest BCUT2D eigenvalue weighted by molar-refractivity contribution is 0.425. The summed E-state index contributed by atoms with van der Waals surface area (Å²) in [6.07, 6.45) is 7.34. The SMILES string of the molecule is CC1CCC(C(N)c2ccoc2)C1. The van der Waals surface area contributed by atoms with Crippen LogP contribution in [0.2, 0.25) is 0 Å². The molecule has 1 aromatic rings. The van der Waals surface area contributed by atoms with Crippen LogP contribution in [0.4, 0.5) is 0 Å². The summed E-state index contributed by atoms with van der Waals surface area (Å²) in [6.45, 7) is 2.31. The molecule has 0 aliphatic heterocycles. The maximum atomic E-state index is 6.15. The fourth-order valence-corrected chi connectivity index (χ4v) is 2.31. The van der Waals surface area contributed by atoms with E-state index in [2.05, 4.69) is 6.92 Å². The molecule has 2 N–H and O–H groups in total. The van der Waals surface area contributed by atoms with Crippen molar-refractivity contribution >= 4 is 0 Å². The van der Waals surface area contributed by atoms with E-state index in [4.69, 9.17) is 10.2 Å². The number of furan rings is 1. The van der Waals surface area contributed by atoms with Gasteiger partial charge < -0.3 is 10.2 Å². The summed E-state index contributed by atoms with van der Waals surface area (Å²) >= 11 is 0. The Morgan fingerprint density at radius 1 is 1.54 bits per heavy atom. The van der Waals surface area contributed by atoms with Crippen molar-refractivity contribution in [3.63, 3.8) is 0 Å². The molecule has 13 heavy (non-hydrogen) atoms. The van der Waals surface area contributed by atoms with E-state index in [0.29, 0.717) is 5.92 Å². The van der Waals surface area contributed by atoms with E-state index in [0.717, 1.165) is 11.5 Å². The van der Waals surface area contributed by atoms with Crippen LogP contribution in [0.15, 0.2) is 23.0 Å². The Morgan fingerprint density at radius 3 is 2.92 bits per heavy atom. The van der Waals surface area contributed by atoms with Crippen LogP contribution in [0.25, 0.3) is 0 Å². The van der Waals surface area contributed by atoms with E-state index in [-0.39, 0.29) is 6.04 Å². The van der Waals surface area contributed by atoms with Crippen molar-refractivity contribution in [2.75, 3.05) is 0 Å². The van der Waals surface area contributed by atoms with Crippen LogP contribution in [0.1, 0.15) is 37.8 Å². The zero-order chi connectivity index (χ0) is 9.26. The Kier molecular flexibility index (Phi) is 2.40. The minimum Gasteiger partial charge on any atom is -0.472 e. The first kappa shape index (κ1) is 8.82. The molecule has 0 saturated heterocycles. The van der Waals surface area contributed by atoms with Crippen molar-refractivity contribution in [1.29, 1.82) is 0 Å². The molecule has 72 valence electrons. The minimum atomic E-state index is 0.184. The monoisotopic (exact) mass is 179 g/mol. The van der Waals surface area contributed by atoms with Gasteiger partial charge in [-0.15, -0.1) is 0 Å². The van der Waals surface area contributed by atoms with Gasteiger partial charge in [0.15, 0.2) is 0 Å². The van der Waals surface area contributed by atoms with Gasteiger partial charge >= 0.3 is 0 Å². The van der Waals surface area contributed by atoms with Crippen molar-refractivity contribution in [3.05, 3.63) is 24.2 Å². The molecule has 3 unspecified atom stereocenters. The molecule has 0 bridgehead atoms. The van der Waals surface area contributed by atoms with E-state index in [1.165, 1.54) is 19.3 Å². The number of nitrogens with two attached hydrogens (primary N) is 1. The summed E-state index contributed by atoms with van der Waals surface area (Å²) in [6, 6.07) is 2.16. The molecular formula is C11H17NO. The molecule has 0 spiro atoms.